The fraction of sp³-hybridized carbons (Fsp3) is 0.261. The molecule has 4 rings (SSSR count). The summed E-state index contributed by atoms with van der Waals surface area (Å²) in [5.41, 5.74) is 1.24. The van der Waals surface area contributed by atoms with Crippen LogP contribution in [0.15, 0.2) is 59.9 Å². The van der Waals surface area contributed by atoms with E-state index in [4.69, 9.17) is 32.7 Å². The largest absolute Gasteiger partial charge is 0.473 e. The van der Waals surface area contributed by atoms with Crippen LogP contribution >= 0.6 is 23.2 Å². The number of anilines is 1. The maximum Gasteiger partial charge on any atom is 0.262 e. The number of benzene rings is 2. The van der Waals surface area contributed by atoms with E-state index in [0.29, 0.717) is 19.4 Å². The molecule has 0 saturated heterocycles. The molecule has 0 unspecified atom stereocenters. The molecule has 1 aliphatic carbocycles. The summed E-state index contributed by atoms with van der Waals surface area (Å²) in [5, 5.41) is 2.66. The fourth-order valence-corrected chi connectivity index (χ4v) is 4.25. The average molecular weight is 522 g/mol. The molecule has 1 fully saturated rings. The number of ether oxygens (including phenoxy) is 2. The van der Waals surface area contributed by atoms with Crippen molar-refractivity contribution in [2.75, 3.05) is 11.6 Å². The number of hydrogen-bond donors (Lipinski definition) is 1. The highest BCUT2D eigenvalue weighted by Gasteiger charge is 2.34. The van der Waals surface area contributed by atoms with Crippen molar-refractivity contribution in [3.63, 3.8) is 0 Å². The SMILES string of the molecule is CS(=O)(=O)c1ncc(C(=O)Nc2c(Cl)cccc2Cl)c(OC2CC(OCc3ccccc3)C2)n1. The van der Waals surface area contributed by atoms with Crippen LogP contribution < -0.4 is 10.1 Å². The van der Waals surface area contributed by atoms with E-state index < -0.39 is 20.9 Å². The number of aromatic nitrogens is 2. The topological polar surface area (TPSA) is 107 Å². The zero-order chi connectivity index (χ0) is 24.3. The van der Waals surface area contributed by atoms with Crippen LogP contribution in [0.5, 0.6) is 5.88 Å². The van der Waals surface area contributed by atoms with E-state index in [1.807, 2.05) is 30.3 Å². The van der Waals surface area contributed by atoms with Gasteiger partial charge in [-0.15, -0.1) is 0 Å². The smallest absolute Gasteiger partial charge is 0.262 e. The fourth-order valence-electron chi connectivity index (χ4n) is 3.27. The molecule has 1 N–H and O–H groups in total. The summed E-state index contributed by atoms with van der Waals surface area (Å²) in [6, 6.07) is 14.6. The van der Waals surface area contributed by atoms with Crippen molar-refractivity contribution in [1.82, 2.24) is 9.97 Å². The number of rotatable bonds is 8. The summed E-state index contributed by atoms with van der Waals surface area (Å²) < 4.78 is 35.7. The summed E-state index contributed by atoms with van der Waals surface area (Å²) in [6.45, 7) is 0.482. The predicted octanol–water partition coefficient (Wildman–Crippen LogP) is 4.57. The van der Waals surface area contributed by atoms with Gasteiger partial charge < -0.3 is 14.8 Å². The van der Waals surface area contributed by atoms with Gasteiger partial charge in [0.15, 0.2) is 0 Å². The highest BCUT2D eigenvalue weighted by molar-refractivity contribution is 7.90. The number of amides is 1. The quantitative estimate of drug-likeness (QED) is 0.432. The Kier molecular flexibility index (Phi) is 7.37. The molecule has 2 aromatic carbocycles. The van der Waals surface area contributed by atoms with Gasteiger partial charge in [0, 0.05) is 25.3 Å². The molecule has 1 aliphatic rings. The van der Waals surface area contributed by atoms with Gasteiger partial charge in [0.25, 0.3) is 5.91 Å². The van der Waals surface area contributed by atoms with Gasteiger partial charge in [-0.2, -0.15) is 4.98 Å². The van der Waals surface area contributed by atoms with Crippen LogP contribution in [0, 0.1) is 0 Å². The number of nitrogens with one attached hydrogen (secondary N) is 1. The molecule has 0 atom stereocenters. The van der Waals surface area contributed by atoms with Crippen molar-refractivity contribution in [2.24, 2.45) is 0 Å². The molecule has 0 radical (unpaired) electrons. The third-order valence-corrected chi connectivity index (χ3v) is 6.66. The van der Waals surface area contributed by atoms with E-state index in [9.17, 15) is 13.2 Å². The zero-order valence-electron chi connectivity index (χ0n) is 18.1. The Morgan fingerprint density at radius 3 is 2.38 bits per heavy atom. The molecule has 1 aromatic heterocycles. The van der Waals surface area contributed by atoms with Crippen LogP contribution in [0.4, 0.5) is 5.69 Å². The van der Waals surface area contributed by atoms with Crippen molar-refractivity contribution in [3.05, 3.63) is 75.9 Å². The van der Waals surface area contributed by atoms with Gasteiger partial charge in [-0.25, -0.2) is 13.4 Å². The second-order valence-electron chi connectivity index (χ2n) is 7.82. The van der Waals surface area contributed by atoms with Crippen LogP contribution in [0.2, 0.25) is 10.0 Å². The van der Waals surface area contributed by atoms with E-state index in [0.717, 1.165) is 18.0 Å². The van der Waals surface area contributed by atoms with Gasteiger partial charge in [0.2, 0.25) is 20.9 Å². The number of hydrogen-bond acceptors (Lipinski definition) is 7. The molecule has 1 saturated carbocycles. The lowest BCUT2D eigenvalue weighted by atomic mass is 9.92. The molecule has 1 heterocycles. The minimum atomic E-state index is -3.72. The number of halogens is 2. The predicted molar refractivity (Wildman–Crippen MR) is 128 cm³/mol. The first-order valence-electron chi connectivity index (χ1n) is 10.4. The Labute approximate surface area is 207 Å². The lowest BCUT2D eigenvalue weighted by molar-refractivity contribution is -0.0698. The van der Waals surface area contributed by atoms with E-state index in [-0.39, 0.29) is 39.4 Å². The summed E-state index contributed by atoms with van der Waals surface area (Å²) in [6.07, 6.45) is 2.93. The minimum absolute atomic E-state index is 0.0133. The van der Waals surface area contributed by atoms with Gasteiger partial charge in [-0.3, -0.25) is 4.79 Å². The lowest BCUT2D eigenvalue weighted by Crippen LogP contribution is -2.40. The van der Waals surface area contributed by atoms with Crippen molar-refractivity contribution < 1.29 is 22.7 Å². The van der Waals surface area contributed by atoms with Crippen LogP contribution in [-0.4, -0.2) is 42.8 Å². The summed E-state index contributed by atoms with van der Waals surface area (Å²) >= 11 is 12.3. The van der Waals surface area contributed by atoms with Gasteiger partial charge >= 0.3 is 0 Å². The second kappa shape index (κ2) is 10.3. The molecular formula is C23H21Cl2N3O5S. The maximum absolute atomic E-state index is 12.9. The van der Waals surface area contributed by atoms with E-state index in [1.165, 1.54) is 0 Å². The first-order chi connectivity index (χ1) is 16.2. The minimum Gasteiger partial charge on any atom is -0.473 e. The van der Waals surface area contributed by atoms with Crippen LogP contribution in [0.1, 0.15) is 28.8 Å². The van der Waals surface area contributed by atoms with Gasteiger partial charge in [-0.1, -0.05) is 59.6 Å². The molecule has 178 valence electrons. The van der Waals surface area contributed by atoms with E-state index in [2.05, 4.69) is 15.3 Å². The number of carbonyl (C=O) groups is 1. The summed E-state index contributed by atoms with van der Waals surface area (Å²) in [4.78, 5) is 20.8. The summed E-state index contributed by atoms with van der Waals surface area (Å²) in [7, 11) is -3.72. The van der Waals surface area contributed by atoms with Crippen molar-refractivity contribution in [1.29, 1.82) is 0 Å². The van der Waals surface area contributed by atoms with Gasteiger partial charge in [-0.05, 0) is 17.7 Å². The molecule has 11 heteroatoms. The third kappa shape index (κ3) is 5.85. The monoisotopic (exact) mass is 521 g/mol. The second-order valence-corrected chi connectivity index (χ2v) is 10.5. The first-order valence-corrected chi connectivity index (χ1v) is 13.0. The Bertz CT molecular complexity index is 1280. The van der Waals surface area contributed by atoms with Crippen LogP contribution in [-0.2, 0) is 21.2 Å². The Hall–Kier alpha value is -2.72. The molecule has 0 aliphatic heterocycles. The van der Waals surface area contributed by atoms with Crippen LogP contribution in [0.25, 0.3) is 0 Å². The number of para-hydroxylation sites is 1. The highest BCUT2D eigenvalue weighted by atomic mass is 35.5. The number of nitrogens with zero attached hydrogens (tertiary/aromatic N) is 2. The first kappa shape index (κ1) is 24.4. The zero-order valence-corrected chi connectivity index (χ0v) is 20.4. The van der Waals surface area contributed by atoms with E-state index in [1.54, 1.807) is 18.2 Å². The Morgan fingerprint density at radius 1 is 1.06 bits per heavy atom. The lowest BCUT2D eigenvalue weighted by Gasteiger charge is -2.35. The molecule has 0 spiro atoms. The Balaban J connectivity index is 1.47. The maximum atomic E-state index is 12.9. The molecule has 0 bridgehead atoms. The van der Waals surface area contributed by atoms with Gasteiger partial charge in [0.1, 0.15) is 11.7 Å². The average Bonchev–Trinajstić information content (AvgIpc) is 2.77. The standard InChI is InChI=1S/C23H21Cl2N3O5S/c1-34(30,31)23-26-12-17(21(29)27-20-18(24)8-5-9-19(20)25)22(28-23)33-16-10-15(11-16)32-13-14-6-3-2-4-7-14/h2-9,12,15-16H,10-11,13H2,1H3,(H,27,29). The highest BCUT2D eigenvalue weighted by Crippen LogP contribution is 2.33. The number of carbonyl (C=O) groups excluding carboxylic acids is 1. The van der Waals surface area contributed by atoms with Gasteiger partial charge in [0.05, 0.1) is 28.4 Å². The van der Waals surface area contributed by atoms with E-state index >= 15 is 0 Å². The molecular weight excluding hydrogens is 501 g/mol. The Morgan fingerprint density at radius 2 is 1.74 bits per heavy atom. The summed E-state index contributed by atoms with van der Waals surface area (Å²) in [5.74, 6) is -0.774. The molecule has 8 nitrogen and oxygen atoms in total. The normalized spacial score (nSPS) is 17.6. The van der Waals surface area contributed by atoms with Crippen molar-refractivity contribution in [2.45, 2.75) is 36.8 Å². The molecule has 1 amide bonds. The molecule has 3 aromatic rings. The van der Waals surface area contributed by atoms with Crippen molar-refractivity contribution >= 4 is 44.6 Å². The van der Waals surface area contributed by atoms with Crippen molar-refractivity contribution in [3.8, 4) is 5.88 Å². The van der Waals surface area contributed by atoms with Crippen LogP contribution in [0.3, 0.4) is 0 Å². The molecule has 34 heavy (non-hydrogen) atoms. The number of sulfone groups is 1. The third-order valence-electron chi connectivity index (χ3n) is 5.17.